The number of carbonyl (C=O) groups excluding carboxylic acids is 1. The second kappa shape index (κ2) is 10.1. The first kappa shape index (κ1) is 20.1. The average Bonchev–Trinajstić information content (AvgIpc) is 2.72. The number of hydrogen-bond acceptors (Lipinski definition) is 7. The number of anilines is 2. The Kier molecular flexibility index (Phi) is 6.97. The van der Waals surface area contributed by atoms with Crippen molar-refractivity contribution in [1.29, 1.82) is 5.26 Å². The number of aliphatic hydroxyl groups excluding tert-OH is 1. The average molecular weight is 395 g/mol. The molecule has 2 amide bonds. The van der Waals surface area contributed by atoms with Crippen molar-refractivity contribution in [3.63, 3.8) is 0 Å². The summed E-state index contributed by atoms with van der Waals surface area (Å²) in [4.78, 5) is 20.6. The molecule has 3 N–H and O–H groups in total. The summed E-state index contributed by atoms with van der Waals surface area (Å²) < 4.78 is 11.3. The minimum atomic E-state index is -0.537. The van der Waals surface area contributed by atoms with E-state index in [0.717, 1.165) is 5.56 Å². The molecule has 29 heavy (non-hydrogen) atoms. The molecule has 1 aromatic carbocycles. The zero-order chi connectivity index (χ0) is 20.5. The molecule has 1 aliphatic rings. The lowest BCUT2D eigenvalue weighted by Gasteiger charge is -2.14. The first-order valence-corrected chi connectivity index (χ1v) is 9.19. The highest BCUT2D eigenvalue weighted by Crippen LogP contribution is 2.27. The summed E-state index contributed by atoms with van der Waals surface area (Å²) in [6.07, 6.45) is 6.93. The van der Waals surface area contributed by atoms with Crippen LogP contribution in [0.2, 0.25) is 0 Å². The van der Waals surface area contributed by atoms with Crippen LogP contribution in [-0.2, 0) is 6.42 Å². The Labute approximate surface area is 168 Å². The molecule has 0 atom stereocenters. The lowest BCUT2D eigenvalue weighted by molar-refractivity contribution is 0.261. The Bertz CT molecular complexity index is 939. The van der Waals surface area contributed by atoms with E-state index in [0.29, 0.717) is 43.9 Å². The van der Waals surface area contributed by atoms with E-state index in [1.807, 2.05) is 30.4 Å². The number of ether oxygens (including phenoxy) is 2. The number of fused-ring (bicyclic) bond motifs is 3. The van der Waals surface area contributed by atoms with Crippen molar-refractivity contribution in [2.75, 3.05) is 30.5 Å². The number of nitrogens with zero attached hydrogens (tertiary/aromatic N) is 3. The van der Waals surface area contributed by atoms with Crippen molar-refractivity contribution in [3.8, 4) is 17.7 Å². The minimum Gasteiger partial charge on any atom is -0.487 e. The summed E-state index contributed by atoms with van der Waals surface area (Å²) in [6.45, 7) is 0.720. The highest BCUT2D eigenvalue weighted by molar-refractivity contribution is 6.00. The molecule has 9 heteroatoms. The molecule has 0 aliphatic carbocycles. The molecule has 0 saturated carbocycles. The number of urea groups is 1. The monoisotopic (exact) mass is 395 g/mol. The molecule has 9 nitrogen and oxygen atoms in total. The van der Waals surface area contributed by atoms with Gasteiger partial charge in [0.05, 0.1) is 18.5 Å². The van der Waals surface area contributed by atoms with E-state index in [4.69, 9.17) is 19.8 Å². The maximum absolute atomic E-state index is 12.5. The summed E-state index contributed by atoms with van der Waals surface area (Å²) in [6, 6.07) is 6.88. The highest BCUT2D eigenvalue weighted by atomic mass is 16.5. The molecule has 2 bridgehead atoms. The fraction of sp³-hybridized carbons (Fsp3) is 0.300. The van der Waals surface area contributed by atoms with Crippen LogP contribution in [0.3, 0.4) is 0 Å². The minimum absolute atomic E-state index is 0.0476. The third-order valence-corrected chi connectivity index (χ3v) is 4.03. The van der Waals surface area contributed by atoms with Crippen molar-refractivity contribution in [1.82, 2.24) is 9.97 Å². The number of aromatic nitrogens is 2. The van der Waals surface area contributed by atoms with E-state index in [1.54, 1.807) is 6.07 Å². The Balaban J connectivity index is 1.87. The number of rotatable bonds is 3. The van der Waals surface area contributed by atoms with Gasteiger partial charge in [0.2, 0.25) is 5.69 Å². The van der Waals surface area contributed by atoms with Gasteiger partial charge in [0, 0.05) is 6.61 Å². The van der Waals surface area contributed by atoms with Gasteiger partial charge >= 0.3 is 6.03 Å². The van der Waals surface area contributed by atoms with Gasteiger partial charge in [-0.25, -0.2) is 9.78 Å². The molecule has 3 rings (SSSR count). The van der Waals surface area contributed by atoms with E-state index in [1.165, 1.54) is 6.20 Å². The molecule has 0 saturated heterocycles. The van der Waals surface area contributed by atoms with Crippen molar-refractivity contribution < 1.29 is 19.4 Å². The highest BCUT2D eigenvalue weighted by Gasteiger charge is 2.13. The zero-order valence-electron chi connectivity index (χ0n) is 15.7. The van der Waals surface area contributed by atoms with Crippen LogP contribution in [0, 0.1) is 11.3 Å². The summed E-state index contributed by atoms with van der Waals surface area (Å²) in [5, 5.41) is 23.5. The number of carbonyl (C=O) groups is 1. The van der Waals surface area contributed by atoms with Crippen LogP contribution in [0.25, 0.3) is 0 Å². The molecule has 2 aromatic rings. The Hall–Kier alpha value is -3.64. The second-order valence-electron chi connectivity index (χ2n) is 6.18. The van der Waals surface area contributed by atoms with Crippen LogP contribution in [0.1, 0.15) is 24.1 Å². The van der Waals surface area contributed by atoms with E-state index in [2.05, 4.69) is 20.6 Å². The van der Waals surface area contributed by atoms with Gasteiger partial charge in [0.25, 0.3) is 5.88 Å². The van der Waals surface area contributed by atoms with Crippen LogP contribution in [0.4, 0.5) is 16.3 Å². The SMILES string of the molecule is N#Cc1ncc2nc1OCC/C=C/COc1ccc(CCCO)cc1NC(=O)N2. The maximum Gasteiger partial charge on any atom is 0.325 e. The number of nitrogens with one attached hydrogen (secondary N) is 2. The van der Waals surface area contributed by atoms with E-state index < -0.39 is 6.03 Å². The lowest BCUT2D eigenvalue weighted by atomic mass is 10.1. The number of hydrogen-bond donors (Lipinski definition) is 3. The number of aliphatic hydroxyl groups is 1. The van der Waals surface area contributed by atoms with Crippen molar-refractivity contribution in [2.45, 2.75) is 19.3 Å². The summed E-state index contributed by atoms with van der Waals surface area (Å²) in [5.41, 5.74) is 1.51. The molecule has 1 aliphatic heterocycles. The summed E-state index contributed by atoms with van der Waals surface area (Å²) in [7, 11) is 0. The van der Waals surface area contributed by atoms with Gasteiger partial charge in [-0.1, -0.05) is 18.2 Å². The van der Waals surface area contributed by atoms with Gasteiger partial charge < -0.3 is 19.9 Å². The molecule has 1 aromatic heterocycles. The van der Waals surface area contributed by atoms with Gasteiger partial charge in [-0.2, -0.15) is 10.2 Å². The fourth-order valence-electron chi connectivity index (χ4n) is 2.67. The molecule has 0 fully saturated rings. The maximum atomic E-state index is 12.5. The van der Waals surface area contributed by atoms with E-state index >= 15 is 0 Å². The third-order valence-electron chi connectivity index (χ3n) is 4.03. The Morgan fingerprint density at radius 3 is 2.97 bits per heavy atom. The van der Waals surface area contributed by atoms with Crippen molar-refractivity contribution in [3.05, 3.63) is 47.8 Å². The third kappa shape index (κ3) is 5.67. The fourth-order valence-corrected chi connectivity index (χ4v) is 2.67. The van der Waals surface area contributed by atoms with Crippen LogP contribution in [0.15, 0.2) is 36.5 Å². The normalized spacial score (nSPS) is 15.1. The van der Waals surface area contributed by atoms with E-state index in [9.17, 15) is 4.79 Å². The predicted octanol–water partition coefficient (Wildman–Crippen LogP) is 2.63. The molecular formula is C20H21N5O4. The lowest BCUT2D eigenvalue weighted by Crippen LogP contribution is -2.21. The topological polar surface area (TPSA) is 129 Å². The quantitative estimate of drug-likeness (QED) is 0.681. The Morgan fingerprint density at radius 1 is 1.24 bits per heavy atom. The van der Waals surface area contributed by atoms with Gasteiger partial charge in [-0.05, 0) is 37.0 Å². The summed E-state index contributed by atoms with van der Waals surface area (Å²) >= 11 is 0. The largest absolute Gasteiger partial charge is 0.487 e. The smallest absolute Gasteiger partial charge is 0.325 e. The number of amides is 2. The second-order valence-corrected chi connectivity index (χ2v) is 6.18. The number of aryl methyl sites for hydroxylation is 1. The van der Waals surface area contributed by atoms with Gasteiger partial charge in [-0.3, -0.25) is 5.32 Å². The van der Waals surface area contributed by atoms with Crippen LogP contribution in [-0.4, -0.2) is 40.9 Å². The first-order valence-electron chi connectivity index (χ1n) is 9.19. The zero-order valence-corrected chi connectivity index (χ0v) is 15.7. The molecule has 2 heterocycles. The number of benzene rings is 1. The van der Waals surface area contributed by atoms with Gasteiger partial charge in [0.1, 0.15) is 18.4 Å². The molecule has 150 valence electrons. The molecule has 0 unspecified atom stereocenters. The van der Waals surface area contributed by atoms with Crippen molar-refractivity contribution >= 4 is 17.5 Å². The van der Waals surface area contributed by atoms with Crippen molar-refractivity contribution in [2.24, 2.45) is 0 Å². The molecule has 0 spiro atoms. The first-order chi connectivity index (χ1) is 14.2. The standard InChI is InChI=1S/C20H21N5O4/c21-12-16-19-24-18(13-22-16)25-20(27)23-15-11-14(5-4-8-26)6-7-17(15)28-9-2-1-3-10-29-19/h1-2,6-7,11,13,26H,3-5,8-10H2,(H2,23,24,25,27)/b2-1+. The predicted molar refractivity (Wildman–Crippen MR) is 106 cm³/mol. The Morgan fingerprint density at radius 2 is 2.14 bits per heavy atom. The van der Waals surface area contributed by atoms with Crippen LogP contribution < -0.4 is 20.1 Å². The van der Waals surface area contributed by atoms with Crippen LogP contribution >= 0.6 is 0 Å². The van der Waals surface area contributed by atoms with Gasteiger partial charge in [-0.15, -0.1) is 0 Å². The summed E-state index contributed by atoms with van der Waals surface area (Å²) in [5.74, 6) is 0.743. The molecular weight excluding hydrogens is 374 g/mol. The van der Waals surface area contributed by atoms with Crippen LogP contribution in [0.5, 0.6) is 11.6 Å². The van der Waals surface area contributed by atoms with E-state index in [-0.39, 0.29) is 24.0 Å². The molecule has 0 radical (unpaired) electrons. The number of nitriles is 1. The van der Waals surface area contributed by atoms with Gasteiger partial charge in [0.15, 0.2) is 5.82 Å².